The molecule has 4 nitrogen and oxygen atoms in total. The van der Waals surface area contributed by atoms with Crippen LogP contribution >= 0.6 is 22.9 Å². The van der Waals surface area contributed by atoms with Gasteiger partial charge in [0.25, 0.3) is 5.91 Å². The lowest BCUT2D eigenvalue weighted by Crippen LogP contribution is -2.28. The number of carbonyl (C=O) groups excluding carboxylic acids is 1. The third-order valence-corrected chi connectivity index (χ3v) is 4.21. The van der Waals surface area contributed by atoms with E-state index < -0.39 is 6.10 Å². The number of hydrogen-bond acceptors (Lipinski definition) is 4. The van der Waals surface area contributed by atoms with Crippen molar-refractivity contribution in [3.63, 3.8) is 0 Å². The summed E-state index contributed by atoms with van der Waals surface area (Å²) in [7, 11) is 1.61. The van der Waals surface area contributed by atoms with Crippen LogP contribution in [0.5, 0.6) is 0 Å². The molecule has 6 heteroatoms. The number of hydrogen-bond donors (Lipinski definition) is 2. The highest BCUT2D eigenvalue weighted by atomic mass is 35.5. The largest absolute Gasteiger partial charge is 0.386 e. The van der Waals surface area contributed by atoms with Gasteiger partial charge in [-0.3, -0.25) is 4.79 Å². The number of aliphatic hydroxyl groups is 1. The topological polar surface area (TPSA) is 58.6 Å². The molecular weight excluding hydrogens is 310 g/mol. The molecular formula is C15H16ClNO3S. The molecule has 2 N–H and O–H groups in total. The SMILES string of the molecule is COCc1cccc(C(=O)NC[C@@H](O)c2ccc(Cl)s2)c1. The summed E-state index contributed by atoms with van der Waals surface area (Å²) in [6.45, 7) is 0.599. The van der Waals surface area contributed by atoms with Crippen molar-refractivity contribution >= 4 is 28.8 Å². The van der Waals surface area contributed by atoms with E-state index >= 15 is 0 Å². The van der Waals surface area contributed by atoms with Crippen molar-refractivity contribution in [1.82, 2.24) is 5.32 Å². The van der Waals surface area contributed by atoms with Gasteiger partial charge < -0.3 is 15.2 Å². The van der Waals surface area contributed by atoms with Crippen LogP contribution in [-0.2, 0) is 11.3 Å². The van der Waals surface area contributed by atoms with Crippen molar-refractivity contribution in [3.05, 3.63) is 56.7 Å². The van der Waals surface area contributed by atoms with Crippen LogP contribution in [0.1, 0.15) is 26.9 Å². The van der Waals surface area contributed by atoms with E-state index in [-0.39, 0.29) is 12.5 Å². The average Bonchev–Trinajstić information content (AvgIpc) is 2.92. The predicted molar refractivity (Wildman–Crippen MR) is 83.8 cm³/mol. The normalized spacial score (nSPS) is 12.1. The molecule has 0 unspecified atom stereocenters. The lowest BCUT2D eigenvalue weighted by atomic mass is 10.1. The minimum absolute atomic E-state index is 0.143. The molecule has 0 spiro atoms. The maximum Gasteiger partial charge on any atom is 0.251 e. The molecule has 1 heterocycles. The fourth-order valence-electron chi connectivity index (χ4n) is 1.87. The predicted octanol–water partition coefficient (Wildman–Crippen LogP) is 3.01. The highest BCUT2D eigenvalue weighted by Gasteiger charge is 2.13. The van der Waals surface area contributed by atoms with E-state index in [9.17, 15) is 9.90 Å². The monoisotopic (exact) mass is 325 g/mol. The Morgan fingerprint density at radius 1 is 1.43 bits per heavy atom. The molecule has 2 aromatic rings. The fraction of sp³-hybridized carbons (Fsp3) is 0.267. The van der Waals surface area contributed by atoms with E-state index in [1.54, 1.807) is 37.4 Å². The van der Waals surface area contributed by atoms with E-state index in [2.05, 4.69) is 5.32 Å². The van der Waals surface area contributed by atoms with Crippen LogP contribution in [0, 0.1) is 0 Å². The molecule has 0 aliphatic carbocycles. The van der Waals surface area contributed by atoms with Gasteiger partial charge in [-0.15, -0.1) is 11.3 Å². The number of amides is 1. The van der Waals surface area contributed by atoms with Gasteiger partial charge in [0.15, 0.2) is 0 Å². The summed E-state index contributed by atoms with van der Waals surface area (Å²) in [6, 6.07) is 10.7. The van der Waals surface area contributed by atoms with Gasteiger partial charge in [-0.05, 0) is 29.8 Å². The third-order valence-electron chi connectivity index (χ3n) is 2.88. The molecule has 0 saturated carbocycles. The first-order valence-corrected chi connectivity index (χ1v) is 7.59. The van der Waals surface area contributed by atoms with E-state index in [1.807, 2.05) is 6.07 Å². The lowest BCUT2D eigenvalue weighted by molar-refractivity contribution is 0.0917. The van der Waals surface area contributed by atoms with Gasteiger partial charge in [-0.25, -0.2) is 0 Å². The van der Waals surface area contributed by atoms with Crippen molar-refractivity contribution in [1.29, 1.82) is 0 Å². The summed E-state index contributed by atoms with van der Waals surface area (Å²) in [6.07, 6.45) is -0.756. The van der Waals surface area contributed by atoms with Crippen molar-refractivity contribution in [2.75, 3.05) is 13.7 Å². The van der Waals surface area contributed by atoms with Crippen molar-refractivity contribution in [3.8, 4) is 0 Å². The smallest absolute Gasteiger partial charge is 0.251 e. The number of benzene rings is 1. The number of methoxy groups -OCH3 is 1. The number of aliphatic hydroxyl groups excluding tert-OH is 1. The van der Waals surface area contributed by atoms with Gasteiger partial charge in [0.2, 0.25) is 0 Å². The van der Waals surface area contributed by atoms with Gasteiger partial charge in [-0.1, -0.05) is 23.7 Å². The van der Waals surface area contributed by atoms with Crippen LogP contribution in [0.15, 0.2) is 36.4 Å². The molecule has 21 heavy (non-hydrogen) atoms. The molecule has 0 radical (unpaired) electrons. The van der Waals surface area contributed by atoms with E-state index in [1.165, 1.54) is 11.3 Å². The van der Waals surface area contributed by atoms with E-state index in [0.717, 1.165) is 10.4 Å². The van der Waals surface area contributed by atoms with Crippen molar-refractivity contribution in [2.24, 2.45) is 0 Å². The first-order valence-electron chi connectivity index (χ1n) is 6.39. The second-order valence-corrected chi connectivity index (χ2v) is 6.25. The molecule has 0 aliphatic heterocycles. The Morgan fingerprint density at radius 2 is 2.24 bits per heavy atom. The van der Waals surface area contributed by atoms with E-state index in [0.29, 0.717) is 16.5 Å². The summed E-state index contributed by atoms with van der Waals surface area (Å²) in [5.74, 6) is -0.227. The summed E-state index contributed by atoms with van der Waals surface area (Å²) < 4.78 is 5.65. The Kier molecular flexibility index (Phi) is 5.76. The first-order chi connectivity index (χ1) is 10.1. The molecule has 112 valence electrons. The maximum atomic E-state index is 12.1. The zero-order valence-electron chi connectivity index (χ0n) is 11.5. The van der Waals surface area contributed by atoms with Crippen LogP contribution < -0.4 is 5.32 Å². The number of nitrogens with one attached hydrogen (secondary N) is 1. The maximum absolute atomic E-state index is 12.1. The molecule has 2 rings (SSSR count). The second-order valence-electron chi connectivity index (χ2n) is 4.50. The van der Waals surface area contributed by atoms with Gasteiger partial charge >= 0.3 is 0 Å². The molecule has 1 aromatic carbocycles. The third kappa shape index (κ3) is 4.54. The molecule has 0 fully saturated rings. The lowest BCUT2D eigenvalue weighted by Gasteiger charge is -2.11. The quantitative estimate of drug-likeness (QED) is 0.858. The second kappa shape index (κ2) is 7.56. The first kappa shape index (κ1) is 16.0. The van der Waals surface area contributed by atoms with Crippen LogP contribution in [-0.4, -0.2) is 24.7 Å². The van der Waals surface area contributed by atoms with Gasteiger partial charge in [0.1, 0.15) is 6.10 Å². The Hall–Kier alpha value is -1.40. The van der Waals surface area contributed by atoms with Gasteiger partial charge in [-0.2, -0.15) is 0 Å². The van der Waals surface area contributed by atoms with Gasteiger partial charge in [0.05, 0.1) is 10.9 Å². The minimum Gasteiger partial charge on any atom is -0.386 e. The molecule has 1 amide bonds. The summed E-state index contributed by atoms with van der Waals surface area (Å²) in [4.78, 5) is 12.8. The van der Waals surface area contributed by atoms with Crippen LogP contribution in [0.2, 0.25) is 4.34 Å². The number of thiophene rings is 1. The minimum atomic E-state index is -0.756. The molecule has 0 aliphatic rings. The summed E-state index contributed by atoms with van der Waals surface area (Å²) in [5, 5.41) is 12.7. The van der Waals surface area contributed by atoms with Crippen molar-refractivity contribution in [2.45, 2.75) is 12.7 Å². The summed E-state index contributed by atoms with van der Waals surface area (Å²) >= 11 is 7.12. The molecule has 1 atom stereocenters. The summed E-state index contributed by atoms with van der Waals surface area (Å²) in [5.41, 5.74) is 1.47. The fourth-order valence-corrected chi connectivity index (χ4v) is 2.92. The Balaban J connectivity index is 1.93. The number of rotatable bonds is 6. The Morgan fingerprint density at radius 3 is 2.90 bits per heavy atom. The Bertz CT molecular complexity index is 614. The molecule has 0 saturated heterocycles. The van der Waals surface area contributed by atoms with Crippen LogP contribution in [0.25, 0.3) is 0 Å². The molecule has 1 aromatic heterocycles. The van der Waals surface area contributed by atoms with Gasteiger partial charge in [0, 0.05) is 24.1 Å². The molecule has 0 bridgehead atoms. The zero-order valence-corrected chi connectivity index (χ0v) is 13.1. The highest BCUT2D eigenvalue weighted by molar-refractivity contribution is 7.16. The average molecular weight is 326 g/mol. The number of ether oxygens (including phenoxy) is 1. The number of halogens is 1. The Labute approximate surface area is 132 Å². The van der Waals surface area contributed by atoms with Crippen LogP contribution in [0.4, 0.5) is 0 Å². The standard InChI is InChI=1S/C15H16ClNO3S/c1-20-9-10-3-2-4-11(7-10)15(19)17-8-12(18)13-5-6-14(16)21-13/h2-7,12,18H,8-9H2,1H3,(H,17,19)/t12-/m1/s1. The zero-order chi connectivity index (χ0) is 15.2. The van der Waals surface area contributed by atoms with E-state index in [4.69, 9.17) is 16.3 Å². The van der Waals surface area contributed by atoms with Crippen LogP contribution in [0.3, 0.4) is 0 Å². The highest BCUT2D eigenvalue weighted by Crippen LogP contribution is 2.26. The number of carbonyl (C=O) groups is 1. The van der Waals surface area contributed by atoms with Crippen molar-refractivity contribution < 1.29 is 14.6 Å².